The average Bonchev–Trinajstić information content (AvgIpc) is 2.55. The number of aromatic carboxylic acids is 1. The van der Waals surface area contributed by atoms with E-state index in [-0.39, 0.29) is 11.3 Å². The van der Waals surface area contributed by atoms with Crippen LogP contribution in [-0.2, 0) is 5.41 Å². The molecule has 0 fully saturated rings. The summed E-state index contributed by atoms with van der Waals surface area (Å²) in [6, 6.07) is 10.2. The van der Waals surface area contributed by atoms with E-state index in [4.69, 9.17) is 10.9 Å². The highest BCUT2D eigenvalue weighted by atomic mass is 16.4. The standard InChI is InChI=1S/C11H14O2.C6H7N3O/c1-11(2,3)9-6-4-8(5-7-9)10(12)13;7-9-6(10)5-1-3-8-4-2-5/h4-7H,1-3H3,(H,12,13);1-4H,7H2,(H,9,10). The van der Waals surface area contributed by atoms with Crippen molar-refractivity contribution < 1.29 is 14.7 Å². The summed E-state index contributed by atoms with van der Waals surface area (Å²) < 4.78 is 0. The first-order chi connectivity index (χ1) is 10.8. The summed E-state index contributed by atoms with van der Waals surface area (Å²) >= 11 is 0. The largest absolute Gasteiger partial charge is 0.478 e. The Kier molecular flexibility index (Phi) is 6.41. The lowest BCUT2D eigenvalue weighted by Gasteiger charge is -2.18. The minimum atomic E-state index is -0.875. The van der Waals surface area contributed by atoms with Gasteiger partial charge in [0.15, 0.2) is 0 Å². The van der Waals surface area contributed by atoms with E-state index in [1.165, 1.54) is 12.4 Å². The van der Waals surface area contributed by atoms with Gasteiger partial charge in [0.2, 0.25) is 0 Å². The summed E-state index contributed by atoms with van der Waals surface area (Å²) in [5, 5.41) is 8.68. The summed E-state index contributed by atoms with van der Waals surface area (Å²) in [5.74, 6) is 3.71. The van der Waals surface area contributed by atoms with Crippen molar-refractivity contribution in [2.45, 2.75) is 26.2 Å². The van der Waals surface area contributed by atoms with Crippen molar-refractivity contribution in [3.8, 4) is 0 Å². The number of aromatic nitrogens is 1. The Morgan fingerprint density at radius 3 is 1.91 bits per heavy atom. The number of nitrogen functional groups attached to an aromatic ring is 1. The number of nitrogens with one attached hydrogen (secondary N) is 1. The molecule has 1 aromatic heterocycles. The molecule has 122 valence electrons. The van der Waals surface area contributed by atoms with Gasteiger partial charge >= 0.3 is 5.97 Å². The monoisotopic (exact) mass is 315 g/mol. The molecule has 6 heteroatoms. The molecule has 4 N–H and O–H groups in total. The number of hydrogen-bond acceptors (Lipinski definition) is 4. The summed E-state index contributed by atoms with van der Waals surface area (Å²) in [5.41, 5.74) is 4.10. The Balaban J connectivity index is 0.000000238. The van der Waals surface area contributed by atoms with Gasteiger partial charge in [0, 0.05) is 18.0 Å². The average molecular weight is 315 g/mol. The van der Waals surface area contributed by atoms with Crippen LogP contribution in [0.25, 0.3) is 0 Å². The molecule has 0 unspecified atom stereocenters. The van der Waals surface area contributed by atoms with Crippen molar-refractivity contribution in [1.82, 2.24) is 10.4 Å². The van der Waals surface area contributed by atoms with Crippen LogP contribution in [0.1, 0.15) is 47.1 Å². The van der Waals surface area contributed by atoms with E-state index in [1.807, 2.05) is 17.6 Å². The first kappa shape index (κ1) is 18.3. The third-order valence-corrected chi connectivity index (χ3v) is 3.07. The van der Waals surface area contributed by atoms with Gasteiger partial charge < -0.3 is 5.11 Å². The fraction of sp³-hybridized carbons (Fsp3) is 0.235. The number of hydrazine groups is 1. The van der Waals surface area contributed by atoms with E-state index in [0.717, 1.165) is 5.56 Å². The summed E-state index contributed by atoms with van der Waals surface area (Å²) in [4.78, 5) is 25.1. The lowest BCUT2D eigenvalue weighted by atomic mass is 9.87. The molecule has 1 amide bonds. The molecule has 2 rings (SSSR count). The first-order valence-corrected chi connectivity index (χ1v) is 7.00. The molecule has 0 radical (unpaired) electrons. The minimum Gasteiger partial charge on any atom is -0.478 e. The molecule has 1 heterocycles. The van der Waals surface area contributed by atoms with Crippen molar-refractivity contribution in [1.29, 1.82) is 0 Å². The molecule has 0 aliphatic heterocycles. The fourth-order valence-electron chi connectivity index (χ4n) is 1.70. The van der Waals surface area contributed by atoms with Crippen LogP contribution in [0.15, 0.2) is 48.8 Å². The van der Waals surface area contributed by atoms with Crippen LogP contribution in [0.2, 0.25) is 0 Å². The zero-order valence-corrected chi connectivity index (χ0v) is 13.4. The molecular formula is C17H21N3O3. The Bertz CT molecular complexity index is 647. The lowest BCUT2D eigenvalue weighted by Crippen LogP contribution is -2.29. The van der Waals surface area contributed by atoms with Gasteiger partial charge in [0.1, 0.15) is 0 Å². The highest BCUT2D eigenvalue weighted by Crippen LogP contribution is 2.21. The van der Waals surface area contributed by atoms with E-state index in [1.54, 1.807) is 24.3 Å². The zero-order valence-electron chi connectivity index (χ0n) is 13.4. The number of carbonyl (C=O) groups excluding carboxylic acids is 1. The quantitative estimate of drug-likeness (QED) is 0.448. The Morgan fingerprint density at radius 1 is 1.00 bits per heavy atom. The maximum Gasteiger partial charge on any atom is 0.335 e. The van der Waals surface area contributed by atoms with E-state index < -0.39 is 5.97 Å². The van der Waals surface area contributed by atoms with Crippen LogP contribution < -0.4 is 11.3 Å². The van der Waals surface area contributed by atoms with Crippen molar-refractivity contribution in [2.75, 3.05) is 0 Å². The second kappa shape index (κ2) is 8.05. The van der Waals surface area contributed by atoms with Gasteiger partial charge in [-0.2, -0.15) is 0 Å². The highest BCUT2D eigenvalue weighted by Gasteiger charge is 2.13. The molecule has 0 aliphatic rings. The molecule has 0 aliphatic carbocycles. The molecule has 0 atom stereocenters. The number of nitrogens with zero attached hydrogens (tertiary/aromatic N) is 1. The van der Waals surface area contributed by atoms with Gasteiger partial charge in [-0.15, -0.1) is 0 Å². The second-order valence-electron chi connectivity index (χ2n) is 5.84. The number of pyridine rings is 1. The fourth-order valence-corrected chi connectivity index (χ4v) is 1.70. The topological polar surface area (TPSA) is 105 Å². The van der Waals surface area contributed by atoms with E-state index in [0.29, 0.717) is 11.1 Å². The summed E-state index contributed by atoms with van der Waals surface area (Å²) in [6.07, 6.45) is 3.06. The number of nitrogens with two attached hydrogens (primary N) is 1. The maximum atomic E-state index is 10.7. The number of carboxylic acid groups (broad SMARTS) is 1. The Labute approximate surface area is 135 Å². The molecule has 2 aromatic rings. The van der Waals surface area contributed by atoms with Crippen LogP contribution in [-0.4, -0.2) is 22.0 Å². The van der Waals surface area contributed by atoms with Gasteiger partial charge in [0.05, 0.1) is 5.56 Å². The number of carboxylic acids is 1. The SMILES string of the molecule is CC(C)(C)c1ccc(C(=O)O)cc1.NNC(=O)c1ccncc1. The van der Waals surface area contributed by atoms with Gasteiger partial charge in [-0.05, 0) is 35.2 Å². The Morgan fingerprint density at radius 2 is 1.52 bits per heavy atom. The minimum absolute atomic E-state index is 0.0804. The Hall–Kier alpha value is -2.73. The number of amides is 1. The molecule has 0 saturated heterocycles. The number of carbonyl (C=O) groups is 2. The smallest absolute Gasteiger partial charge is 0.335 e. The van der Waals surface area contributed by atoms with Gasteiger partial charge in [0.25, 0.3) is 5.91 Å². The predicted molar refractivity (Wildman–Crippen MR) is 88.0 cm³/mol. The number of rotatable bonds is 2. The van der Waals surface area contributed by atoms with Crippen molar-refractivity contribution in [3.63, 3.8) is 0 Å². The predicted octanol–water partition coefficient (Wildman–Crippen LogP) is 2.37. The van der Waals surface area contributed by atoms with Gasteiger partial charge in [-0.3, -0.25) is 15.2 Å². The molecule has 1 aromatic carbocycles. The first-order valence-electron chi connectivity index (χ1n) is 7.00. The molecule has 0 bridgehead atoms. The third kappa shape index (κ3) is 5.88. The van der Waals surface area contributed by atoms with Crippen LogP contribution in [0.3, 0.4) is 0 Å². The summed E-state index contributed by atoms with van der Waals surface area (Å²) in [7, 11) is 0. The highest BCUT2D eigenvalue weighted by molar-refractivity contribution is 5.93. The second-order valence-corrected chi connectivity index (χ2v) is 5.84. The van der Waals surface area contributed by atoms with E-state index in [9.17, 15) is 9.59 Å². The van der Waals surface area contributed by atoms with Crippen molar-refractivity contribution in [3.05, 3.63) is 65.5 Å². The third-order valence-electron chi connectivity index (χ3n) is 3.07. The molecule has 0 saturated carbocycles. The molecule has 6 nitrogen and oxygen atoms in total. The van der Waals surface area contributed by atoms with Crippen molar-refractivity contribution >= 4 is 11.9 Å². The van der Waals surface area contributed by atoms with Crippen LogP contribution in [0.5, 0.6) is 0 Å². The zero-order chi connectivity index (χ0) is 17.5. The normalized spacial score (nSPS) is 10.3. The summed E-state index contributed by atoms with van der Waals surface area (Å²) in [6.45, 7) is 6.30. The van der Waals surface area contributed by atoms with Crippen LogP contribution in [0.4, 0.5) is 0 Å². The maximum absolute atomic E-state index is 10.7. The lowest BCUT2D eigenvalue weighted by molar-refractivity contribution is 0.0696. The van der Waals surface area contributed by atoms with Gasteiger partial charge in [-0.1, -0.05) is 32.9 Å². The molecule has 0 spiro atoms. The van der Waals surface area contributed by atoms with Gasteiger partial charge in [-0.25, -0.2) is 10.6 Å². The van der Waals surface area contributed by atoms with E-state index >= 15 is 0 Å². The number of hydrogen-bond donors (Lipinski definition) is 3. The van der Waals surface area contributed by atoms with Crippen molar-refractivity contribution in [2.24, 2.45) is 5.84 Å². The van der Waals surface area contributed by atoms with E-state index in [2.05, 4.69) is 25.8 Å². The molecular weight excluding hydrogens is 294 g/mol. The van der Waals surface area contributed by atoms with Crippen LogP contribution >= 0.6 is 0 Å². The molecule has 23 heavy (non-hydrogen) atoms. The van der Waals surface area contributed by atoms with Crippen LogP contribution in [0, 0.1) is 0 Å². The number of benzene rings is 1.